The maximum absolute atomic E-state index is 14.3. The standard InChI is InChI=1S/C30H41N9O8S/c1-6-18-15-30(18,27(42)36-48(31,44)45)33-25(40)22-14-19(39-35-24(34-37-39)17-10-12-20(46-5)13-11-17)16-38(22)26(41)23(29(2,3)4)32-28(43)47-21-8-7-9-21/h6,10-13,18-19,21-23H,1,7-9,14-16H2,2-5H3,(H,32,43)(H,33,40)(H,36,42)(H2,31,44,45)/t18-,19-,22+,23-,30-/m1/s1. The Morgan fingerprint density at radius 3 is 2.40 bits per heavy atom. The molecule has 1 saturated heterocycles. The first-order valence-electron chi connectivity index (χ1n) is 15.6. The summed E-state index contributed by atoms with van der Waals surface area (Å²) in [5, 5.41) is 23.3. The minimum absolute atomic E-state index is 0.0189. The van der Waals surface area contributed by atoms with Crippen molar-refractivity contribution >= 4 is 34.0 Å². The molecule has 2 saturated carbocycles. The van der Waals surface area contributed by atoms with Gasteiger partial charge in [-0.1, -0.05) is 26.8 Å². The van der Waals surface area contributed by atoms with Gasteiger partial charge in [0.05, 0.1) is 13.2 Å². The van der Waals surface area contributed by atoms with Crippen LogP contribution in [0, 0.1) is 11.3 Å². The van der Waals surface area contributed by atoms with Gasteiger partial charge in [-0.2, -0.15) is 13.2 Å². The quantitative estimate of drug-likeness (QED) is 0.239. The minimum Gasteiger partial charge on any atom is -0.497 e. The molecule has 4 amide bonds. The number of hydrogen-bond donors (Lipinski definition) is 4. The van der Waals surface area contributed by atoms with Crippen molar-refractivity contribution in [3.05, 3.63) is 36.9 Å². The largest absolute Gasteiger partial charge is 0.497 e. The molecule has 1 aliphatic heterocycles. The number of tetrazole rings is 1. The topological polar surface area (TPSA) is 230 Å². The lowest BCUT2D eigenvalue weighted by Gasteiger charge is -2.36. The van der Waals surface area contributed by atoms with E-state index in [2.05, 4.69) is 32.6 Å². The maximum Gasteiger partial charge on any atom is 0.408 e. The van der Waals surface area contributed by atoms with E-state index in [0.717, 1.165) is 19.3 Å². The van der Waals surface area contributed by atoms with Crippen LogP contribution in [0.4, 0.5) is 4.79 Å². The molecule has 0 spiro atoms. The monoisotopic (exact) mass is 687 g/mol. The summed E-state index contributed by atoms with van der Waals surface area (Å²) in [6, 6.07) is 4.13. The molecule has 3 aliphatic rings. The molecule has 1 aromatic heterocycles. The summed E-state index contributed by atoms with van der Waals surface area (Å²) in [5.74, 6) is -1.94. The molecule has 5 atom stereocenters. The number of alkyl carbamates (subject to hydrolysis) is 1. The number of amides is 4. The summed E-state index contributed by atoms with van der Waals surface area (Å²) in [4.78, 5) is 56.8. The molecule has 2 aliphatic carbocycles. The van der Waals surface area contributed by atoms with Gasteiger partial charge < -0.3 is 25.0 Å². The molecular formula is C30H41N9O8S. The molecule has 1 aromatic carbocycles. The first-order chi connectivity index (χ1) is 22.5. The van der Waals surface area contributed by atoms with Crippen molar-refractivity contribution in [2.24, 2.45) is 16.5 Å². The van der Waals surface area contributed by atoms with Crippen LogP contribution in [0.1, 0.15) is 58.9 Å². The van der Waals surface area contributed by atoms with Gasteiger partial charge in [-0.3, -0.25) is 14.4 Å². The number of nitrogens with two attached hydrogens (primary N) is 1. The summed E-state index contributed by atoms with van der Waals surface area (Å²) >= 11 is 0. The van der Waals surface area contributed by atoms with Crippen molar-refractivity contribution in [2.45, 2.75) is 82.6 Å². The van der Waals surface area contributed by atoms with Crippen LogP contribution in [0.25, 0.3) is 11.4 Å². The Hall–Kier alpha value is -4.58. The molecule has 17 nitrogen and oxygen atoms in total. The molecular weight excluding hydrogens is 646 g/mol. The van der Waals surface area contributed by atoms with E-state index >= 15 is 0 Å². The van der Waals surface area contributed by atoms with Crippen LogP contribution in [-0.4, -0.2) is 94.7 Å². The number of ether oxygens (including phenoxy) is 2. The Morgan fingerprint density at radius 2 is 1.85 bits per heavy atom. The minimum atomic E-state index is -4.43. The number of carbonyl (C=O) groups excluding carboxylic acids is 4. The zero-order valence-corrected chi connectivity index (χ0v) is 28.0. The van der Waals surface area contributed by atoms with Crippen molar-refractivity contribution in [2.75, 3.05) is 13.7 Å². The highest BCUT2D eigenvalue weighted by atomic mass is 32.2. The summed E-state index contributed by atoms with van der Waals surface area (Å²) in [5.41, 5.74) is -1.78. The molecule has 2 heterocycles. The second-order valence-corrected chi connectivity index (χ2v) is 14.7. The third-order valence-electron chi connectivity index (χ3n) is 8.95. The van der Waals surface area contributed by atoms with E-state index in [1.165, 1.54) is 15.8 Å². The number of nitrogens with one attached hydrogen (secondary N) is 3. The summed E-state index contributed by atoms with van der Waals surface area (Å²) < 4.78 is 35.7. The van der Waals surface area contributed by atoms with E-state index in [-0.39, 0.29) is 25.5 Å². The molecule has 260 valence electrons. The molecule has 5 rings (SSSR count). The second kappa shape index (κ2) is 13.1. The van der Waals surface area contributed by atoms with Crippen molar-refractivity contribution in [1.82, 2.24) is 40.5 Å². The zero-order valence-electron chi connectivity index (χ0n) is 27.2. The van der Waals surface area contributed by atoms with Crippen LogP contribution in [0.3, 0.4) is 0 Å². The van der Waals surface area contributed by atoms with Crippen molar-refractivity contribution in [3.8, 4) is 17.1 Å². The Labute approximate surface area is 278 Å². The molecule has 0 bridgehead atoms. The van der Waals surface area contributed by atoms with Gasteiger partial charge in [-0.15, -0.1) is 16.8 Å². The van der Waals surface area contributed by atoms with Crippen molar-refractivity contribution < 1.29 is 37.1 Å². The smallest absolute Gasteiger partial charge is 0.408 e. The van der Waals surface area contributed by atoms with E-state index in [4.69, 9.17) is 14.6 Å². The number of aromatic nitrogens is 4. The predicted octanol–water partition coefficient (Wildman–Crippen LogP) is 0.565. The SMILES string of the molecule is C=C[C@@H]1C[C@]1(NC(=O)[C@@H]1C[C@@H](n2nnc(-c3ccc(OC)cc3)n2)CN1C(=O)[C@@H](NC(=O)OC1CCC1)C(C)(C)C)C(=O)NS(N)(=O)=O. The van der Waals surface area contributed by atoms with E-state index in [0.29, 0.717) is 17.1 Å². The highest BCUT2D eigenvalue weighted by Gasteiger charge is 2.61. The zero-order chi connectivity index (χ0) is 35.0. The van der Waals surface area contributed by atoms with Gasteiger partial charge in [-0.25, -0.2) is 14.7 Å². The molecule has 18 heteroatoms. The second-order valence-electron chi connectivity index (χ2n) is 13.4. The van der Waals surface area contributed by atoms with E-state index in [1.54, 1.807) is 56.9 Å². The molecule has 48 heavy (non-hydrogen) atoms. The van der Waals surface area contributed by atoms with Crippen molar-refractivity contribution in [3.63, 3.8) is 0 Å². The number of nitrogens with zero attached hydrogens (tertiary/aromatic N) is 5. The number of carbonyl (C=O) groups is 4. The Morgan fingerprint density at radius 1 is 1.17 bits per heavy atom. The van der Waals surface area contributed by atoms with E-state index in [1.807, 2.05) is 0 Å². The van der Waals surface area contributed by atoms with Crippen LogP contribution >= 0.6 is 0 Å². The average Bonchev–Trinajstić information content (AvgIpc) is 3.30. The average molecular weight is 688 g/mol. The van der Waals surface area contributed by atoms with E-state index < -0.39 is 69.0 Å². The van der Waals surface area contributed by atoms with Gasteiger partial charge in [0, 0.05) is 24.4 Å². The van der Waals surface area contributed by atoms with Crippen LogP contribution < -0.4 is 25.2 Å². The highest BCUT2D eigenvalue weighted by molar-refractivity contribution is 7.87. The first-order valence-corrected chi connectivity index (χ1v) is 17.1. The first kappa shape index (κ1) is 34.7. The lowest BCUT2D eigenvalue weighted by atomic mass is 9.85. The van der Waals surface area contributed by atoms with Crippen LogP contribution in [-0.2, 0) is 29.3 Å². The van der Waals surface area contributed by atoms with Gasteiger partial charge in [0.15, 0.2) is 0 Å². The van der Waals surface area contributed by atoms with Crippen LogP contribution in [0.2, 0.25) is 0 Å². The number of likely N-dealkylation sites (tertiary alicyclic amines) is 1. The lowest BCUT2D eigenvalue weighted by Crippen LogP contribution is -2.60. The van der Waals surface area contributed by atoms with Gasteiger partial charge in [0.2, 0.25) is 17.6 Å². The predicted molar refractivity (Wildman–Crippen MR) is 170 cm³/mol. The normalized spacial score (nSPS) is 24.5. The molecule has 5 N–H and O–H groups in total. The summed E-state index contributed by atoms with van der Waals surface area (Å²) in [7, 11) is -2.88. The Kier molecular flexibility index (Phi) is 9.51. The Balaban J connectivity index is 1.43. The van der Waals surface area contributed by atoms with Crippen LogP contribution in [0.5, 0.6) is 5.75 Å². The lowest BCUT2D eigenvalue weighted by molar-refractivity contribution is -0.142. The van der Waals surface area contributed by atoms with Gasteiger partial charge >= 0.3 is 6.09 Å². The van der Waals surface area contributed by atoms with Crippen LogP contribution in [0.15, 0.2) is 36.9 Å². The van der Waals surface area contributed by atoms with Gasteiger partial charge in [-0.05, 0) is 60.6 Å². The third kappa shape index (κ3) is 7.43. The number of hydrogen-bond acceptors (Lipinski definition) is 11. The van der Waals surface area contributed by atoms with Gasteiger partial charge in [0.25, 0.3) is 16.1 Å². The van der Waals surface area contributed by atoms with Gasteiger partial charge in [0.1, 0.15) is 29.5 Å². The fourth-order valence-corrected chi connectivity index (χ4v) is 6.31. The highest BCUT2D eigenvalue weighted by Crippen LogP contribution is 2.45. The molecule has 0 radical (unpaired) electrons. The molecule has 0 unspecified atom stereocenters. The van der Waals surface area contributed by atoms with Crippen molar-refractivity contribution in [1.29, 1.82) is 0 Å². The molecule has 3 fully saturated rings. The number of methoxy groups -OCH3 is 1. The third-order valence-corrected chi connectivity index (χ3v) is 9.42. The van der Waals surface area contributed by atoms with E-state index in [9.17, 15) is 27.6 Å². The number of benzene rings is 1. The maximum atomic E-state index is 14.3. The summed E-state index contributed by atoms with van der Waals surface area (Å²) in [6.07, 6.45) is 3.00. The Bertz CT molecular complexity index is 1690. The number of rotatable bonds is 11. The fourth-order valence-electron chi connectivity index (χ4n) is 5.87. The summed E-state index contributed by atoms with van der Waals surface area (Å²) in [6.45, 7) is 8.95. The molecule has 2 aromatic rings. The fraction of sp³-hybridized carbons (Fsp3) is 0.567.